The monoisotopic (exact) mass is 325 g/mol. The number of carbonyl (C=O) groups excluding carboxylic acids is 1. The van der Waals surface area contributed by atoms with Gasteiger partial charge in [-0.05, 0) is 43.4 Å². The maximum absolute atomic E-state index is 13.3. The molecule has 2 heterocycles. The molecule has 2 saturated heterocycles. The number of hydrogen-bond acceptors (Lipinski definition) is 3. The highest BCUT2D eigenvalue weighted by Gasteiger charge is 2.38. The van der Waals surface area contributed by atoms with Crippen LogP contribution in [0.15, 0.2) is 24.3 Å². The number of amides is 1. The lowest BCUT2D eigenvalue weighted by molar-refractivity contribution is -0.135. The molecule has 1 amide bonds. The highest BCUT2D eigenvalue weighted by atomic mass is 32.2. The smallest absolute Gasteiger partial charge is 0.226 e. The minimum Gasteiger partial charge on any atom is -0.339 e. The summed E-state index contributed by atoms with van der Waals surface area (Å²) in [6.45, 7) is 0.676. The van der Waals surface area contributed by atoms with Crippen LogP contribution in [0, 0.1) is 11.7 Å². The van der Waals surface area contributed by atoms with Crippen LogP contribution in [-0.2, 0) is 21.1 Å². The highest BCUT2D eigenvalue weighted by Crippen LogP contribution is 2.27. The Hall–Kier alpha value is -1.43. The van der Waals surface area contributed by atoms with E-state index in [4.69, 9.17) is 0 Å². The van der Waals surface area contributed by atoms with Crippen LogP contribution in [0.25, 0.3) is 0 Å². The summed E-state index contributed by atoms with van der Waals surface area (Å²) in [5.74, 6) is -0.603. The van der Waals surface area contributed by atoms with Crippen molar-refractivity contribution >= 4 is 15.7 Å². The van der Waals surface area contributed by atoms with Gasteiger partial charge in [0.25, 0.3) is 0 Å². The molecule has 0 unspecified atom stereocenters. The van der Waals surface area contributed by atoms with Crippen LogP contribution in [0.5, 0.6) is 0 Å². The Bertz CT molecular complexity index is 674. The van der Waals surface area contributed by atoms with Crippen LogP contribution in [0.1, 0.15) is 24.8 Å². The van der Waals surface area contributed by atoms with Crippen LogP contribution < -0.4 is 0 Å². The third kappa shape index (κ3) is 3.32. The maximum atomic E-state index is 13.3. The van der Waals surface area contributed by atoms with Crippen LogP contribution in [0.3, 0.4) is 0 Å². The van der Waals surface area contributed by atoms with Crippen molar-refractivity contribution < 1.29 is 17.6 Å². The van der Waals surface area contributed by atoms with Crippen molar-refractivity contribution in [3.8, 4) is 0 Å². The Morgan fingerprint density at radius 2 is 2.14 bits per heavy atom. The molecule has 120 valence electrons. The van der Waals surface area contributed by atoms with Gasteiger partial charge in [0, 0.05) is 12.6 Å². The Labute approximate surface area is 130 Å². The summed E-state index contributed by atoms with van der Waals surface area (Å²) in [6, 6.07) is 6.50. The zero-order valence-electron chi connectivity index (χ0n) is 12.4. The summed E-state index contributed by atoms with van der Waals surface area (Å²) in [4.78, 5) is 14.4. The summed E-state index contributed by atoms with van der Waals surface area (Å²) in [6.07, 6.45) is 2.88. The number of benzene rings is 1. The predicted molar refractivity (Wildman–Crippen MR) is 81.6 cm³/mol. The molecule has 4 nitrogen and oxygen atoms in total. The lowest BCUT2D eigenvalue weighted by Gasteiger charge is -2.27. The molecule has 0 saturated carbocycles. The molecule has 3 rings (SSSR count). The Morgan fingerprint density at radius 3 is 2.82 bits per heavy atom. The third-order valence-corrected chi connectivity index (χ3v) is 6.37. The van der Waals surface area contributed by atoms with Crippen LogP contribution >= 0.6 is 0 Å². The fraction of sp³-hybridized carbons (Fsp3) is 0.562. The van der Waals surface area contributed by atoms with Gasteiger partial charge < -0.3 is 4.90 Å². The average molecular weight is 325 g/mol. The van der Waals surface area contributed by atoms with Gasteiger partial charge in [-0.1, -0.05) is 12.1 Å². The van der Waals surface area contributed by atoms with E-state index in [0.717, 1.165) is 18.4 Å². The van der Waals surface area contributed by atoms with Crippen molar-refractivity contribution in [1.29, 1.82) is 0 Å². The number of rotatable bonds is 3. The molecule has 1 aromatic rings. The summed E-state index contributed by atoms with van der Waals surface area (Å²) in [7, 11) is -3.05. The van der Waals surface area contributed by atoms with Crippen molar-refractivity contribution in [3.05, 3.63) is 35.6 Å². The molecular formula is C16H20FNO3S. The first-order valence-electron chi connectivity index (χ1n) is 7.70. The molecule has 6 heteroatoms. The largest absolute Gasteiger partial charge is 0.339 e. The average Bonchev–Trinajstić information content (AvgIpc) is 3.04. The molecule has 0 aliphatic carbocycles. The molecule has 0 spiro atoms. The van der Waals surface area contributed by atoms with Gasteiger partial charge in [0.05, 0.1) is 17.4 Å². The minimum absolute atomic E-state index is 0.0188. The number of sulfone groups is 1. The van der Waals surface area contributed by atoms with E-state index in [1.807, 2.05) is 11.0 Å². The van der Waals surface area contributed by atoms with Gasteiger partial charge in [-0.3, -0.25) is 4.79 Å². The molecule has 0 aromatic heterocycles. The standard InChI is InChI=1S/C16H20FNO3S/c17-14-4-1-3-12(9-14)10-15-5-2-7-18(15)16(19)13-6-8-22(20,21)11-13/h1,3-4,9,13,15H,2,5-8,10-11H2/t13-,15-/m1/s1. The van der Waals surface area contributed by atoms with Gasteiger partial charge in [0.2, 0.25) is 5.91 Å². The molecule has 0 bridgehead atoms. The number of likely N-dealkylation sites (tertiary alicyclic amines) is 1. The zero-order chi connectivity index (χ0) is 15.7. The molecule has 2 fully saturated rings. The van der Waals surface area contributed by atoms with E-state index < -0.39 is 15.8 Å². The summed E-state index contributed by atoms with van der Waals surface area (Å²) >= 11 is 0. The number of hydrogen-bond donors (Lipinski definition) is 0. The van der Waals surface area contributed by atoms with Gasteiger partial charge >= 0.3 is 0 Å². The summed E-state index contributed by atoms with van der Waals surface area (Å²) < 4.78 is 36.4. The Kier molecular flexibility index (Phi) is 4.21. The molecule has 0 radical (unpaired) electrons. The molecule has 2 atom stereocenters. The second-order valence-corrected chi connectivity index (χ2v) is 8.49. The zero-order valence-corrected chi connectivity index (χ0v) is 13.2. The fourth-order valence-electron chi connectivity index (χ4n) is 3.50. The van der Waals surface area contributed by atoms with Crippen LogP contribution in [0.4, 0.5) is 4.39 Å². The number of carbonyl (C=O) groups is 1. The second kappa shape index (κ2) is 5.99. The molecule has 2 aliphatic rings. The SMILES string of the molecule is O=C([C@@H]1CCS(=O)(=O)C1)N1CCC[C@@H]1Cc1cccc(F)c1. The molecule has 0 N–H and O–H groups in total. The first-order chi connectivity index (χ1) is 10.4. The van der Waals surface area contributed by atoms with Crippen LogP contribution in [-0.4, -0.2) is 43.3 Å². The Balaban J connectivity index is 1.69. The topological polar surface area (TPSA) is 54.5 Å². The van der Waals surface area contributed by atoms with E-state index in [9.17, 15) is 17.6 Å². The van der Waals surface area contributed by atoms with Crippen molar-refractivity contribution in [2.75, 3.05) is 18.1 Å². The molecular weight excluding hydrogens is 305 g/mol. The summed E-state index contributed by atoms with van der Waals surface area (Å²) in [5.41, 5.74) is 0.878. The van der Waals surface area contributed by atoms with Gasteiger partial charge in [-0.15, -0.1) is 0 Å². The maximum Gasteiger partial charge on any atom is 0.226 e. The fourth-order valence-corrected chi connectivity index (χ4v) is 5.23. The molecule has 22 heavy (non-hydrogen) atoms. The highest BCUT2D eigenvalue weighted by molar-refractivity contribution is 7.91. The number of halogens is 1. The van der Waals surface area contributed by atoms with E-state index in [0.29, 0.717) is 19.4 Å². The molecule has 2 aliphatic heterocycles. The predicted octanol–water partition coefficient (Wildman–Crippen LogP) is 1.79. The minimum atomic E-state index is -3.05. The summed E-state index contributed by atoms with van der Waals surface area (Å²) in [5, 5.41) is 0. The van der Waals surface area contributed by atoms with Crippen molar-refractivity contribution in [2.24, 2.45) is 5.92 Å². The van der Waals surface area contributed by atoms with E-state index >= 15 is 0 Å². The van der Waals surface area contributed by atoms with E-state index in [1.54, 1.807) is 6.07 Å². The van der Waals surface area contributed by atoms with E-state index in [-0.39, 0.29) is 29.3 Å². The third-order valence-electron chi connectivity index (χ3n) is 4.60. The van der Waals surface area contributed by atoms with Crippen molar-refractivity contribution in [3.63, 3.8) is 0 Å². The first kappa shape index (κ1) is 15.5. The first-order valence-corrected chi connectivity index (χ1v) is 9.52. The number of nitrogens with zero attached hydrogens (tertiary/aromatic N) is 1. The van der Waals surface area contributed by atoms with Crippen molar-refractivity contribution in [1.82, 2.24) is 4.90 Å². The quantitative estimate of drug-likeness (QED) is 0.851. The van der Waals surface area contributed by atoms with E-state index in [1.165, 1.54) is 12.1 Å². The van der Waals surface area contributed by atoms with Gasteiger partial charge in [-0.25, -0.2) is 12.8 Å². The lowest BCUT2D eigenvalue weighted by atomic mass is 10.0. The van der Waals surface area contributed by atoms with Crippen molar-refractivity contribution in [2.45, 2.75) is 31.7 Å². The van der Waals surface area contributed by atoms with Gasteiger partial charge in [0.1, 0.15) is 5.82 Å². The van der Waals surface area contributed by atoms with Crippen LogP contribution in [0.2, 0.25) is 0 Å². The lowest BCUT2D eigenvalue weighted by Crippen LogP contribution is -2.41. The van der Waals surface area contributed by atoms with Gasteiger partial charge in [0.15, 0.2) is 9.84 Å². The second-order valence-electron chi connectivity index (χ2n) is 6.26. The normalized spacial score (nSPS) is 27.2. The van der Waals surface area contributed by atoms with Gasteiger partial charge in [-0.2, -0.15) is 0 Å². The molecule has 1 aromatic carbocycles. The Morgan fingerprint density at radius 1 is 1.32 bits per heavy atom. The van der Waals surface area contributed by atoms with E-state index in [2.05, 4.69) is 0 Å².